The molecule has 0 aliphatic carbocycles. The lowest BCUT2D eigenvalue weighted by Gasteiger charge is -2.35. The van der Waals surface area contributed by atoms with Crippen molar-refractivity contribution < 1.29 is 37.0 Å². The fourth-order valence-corrected chi connectivity index (χ4v) is 4.09. The van der Waals surface area contributed by atoms with Gasteiger partial charge in [0.2, 0.25) is 0 Å². The number of carbonyl (C=O) groups excluding carboxylic acids is 3. The Hall–Kier alpha value is -3.52. The molecule has 1 fully saturated rings. The number of carbonyl (C=O) groups is 3. The van der Waals surface area contributed by atoms with Gasteiger partial charge in [-0.1, -0.05) is 0 Å². The summed E-state index contributed by atoms with van der Waals surface area (Å²) in [5.41, 5.74) is 0.577. The topological polar surface area (TPSA) is 128 Å². The predicted octanol–water partition coefficient (Wildman–Crippen LogP) is 2.21. The molecule has 2 aliphatic heterocycles. The summed E-state index contributed by atoms with van der Waals surface area (Å²) in [6.07, 6.45) is -3.26. The van der Waals surface area contributed by atoms with Crippen LogP contribution in [-0.2, 0) is 27.4 Å². The molecule has 0 aromatic carbocycles. The molecule has 2 amide bonds. The van der Waals surface area contributed by atoms with Crippen molar-refractivity contribution in [1.82, 2.24) is 20.1 Å². The molecule has 35 heavy (non-hydrogen) atoms. The summed E-state index contributed by atoms with van der Waals surface area (Å²) < 4.78 is 51.7. The number of rotatable bonds is 5. The molecular formula is C21H23F3N6O5. The molecule has 188 valence electrons. The van der Waals surface area contributed by atoms with E-state index in [1.165, 1.54) is 12.3 Å². The molecule has 2 N–H and O–H groups in total. The van der Waals surface area contributed by atoms with Crippen molar-refractivity contribution in [2.75, 3.05) is 30.0 Å². The molecule has 2 aromatic rings. The van der Waals surface area contributed by atoms with Crippen LogP contribution in [0.2, 0.25) is 0 Å². The molecule has 2 aliphatic rings. The van der Waals surface area contributed by atoms with Gasteiger partial charge < -0.3 is 20.1 Å². The van der Waals surface area contributed by atoms with Crippen molar-refractivity contribution in [1.29, 1.82) is 0 Å². The Labute approximate surface area is 197 Å². The Bertz CT molecular complexity index is 1130. The molecule has 0 atom stereocenters. The predicted molar refractivity (Wildman–Crippen MR) is 115 cm³/mol. The Balaban J connectivity index is 1.68. The zero-order chi connectivity index (χ0) is 25.2. The third kappa shape index (κ3) is 4.98. The number of nitrogens with one attached hydrogen (secondary N) is 2. The molecule has 0 spiro atoms. The minimum absolute atomic E-state index is 0.0607. The minimum Gasteiger partial charge on any atom is -0.448 e. The lowest BCUT2D eigenvalue weighted by atomic mass is 10.0. The summed E-state index contributed by atoms with van der Waals surface area (Å²) in [6.45, 7) is 2.75. The van der Waals surface area contributed by atoms with Crippen molar-refractivity contribution in [2.45, 2.75) is 45.1 Å². The van der Waals surface area contributed by atoms with E-state index in [2.05, 4.69) is 20.7 Å². The molecule has 0 unspecified atom stereocenters. The Morgan fingerprint density at radius 3 is 2.71 bits per heavy atom. The number of alkyl halides is 3. The maximum absolute atomic E-state index is 13.5. The van der Waals surface area contributed by atoms with Crippen molar-refractivity contribution >= 4 is 29.4 Å². The van der Waals surface area contributed by atoms with Crippen LogP contribution in [0, 0.1) is 0 Å². The lowest BCUT2D eigenvalue weighted by molar-refractivity contribution is -0.171. The summed E-state index contributed by atoms with van der Waals surface area (Å²) in [6, 6.07) is 0.395. The Morgan fingerprint density at radius 1 is 1.29 bits per heavy atom. The summed E-state index contributed by atoms with van der Waals surface area (Å²) in [5, 5.41) is 9.74. The van der Waals surface area contributed by atoms with E-state index in [9.17, 15) is 27.6 Å². The zero-order valence-electron chi connectivity index (χ0n) is 18.7. The van der Waals surface area contributed by atoms with Gasteiger partial charge in [-0.25, -0.2) is 4.79 Å². The molecule has 2 aromatic heterocycles. The van der Waals surface area contributed by atoms with Gasteiger partial charge in [0.05, 0.1) is 29.7 Å². The monoisotopic (exact) mass is 496 g/mol. The van der Waals surface area contributed by atoms with Crippen molar-refractivity contribution in [2.24, 2.45) is 0 Å². The lowest BCUT2D eigenvalue weighted by Crippen LogP contribution is -2.50. The van der Waals surface area contributed by atoms with E-state index >= 15 is 0 Å². The van der Waals surface area contributed by atoms with Gasteiger partial charge in [0.1, 0.15) is 0 Å². The summed E-state index contributed by atoms with van der Waals surface area (Å²) >= 11 is 0. The van der Waals surface area contributed by atoms with Gasteiger partial charge in [-0.15, -0.1) is 5.10 Å². The highest BCUT2D eigenvalue weighted by Crippen LogP contribution is 2.32. The van der Waals surface area contributed by atoms with Gasteiger partial charge in [0, 0.05) is 44.1 Å². The molecule has 0 bridgehead atoms. The summed E-state index contributed by atoms with van der Waals surface area (Å²) in [7, 11) is 0. The van der Waals surface area contributed by atoms with Gasteiger partial charge in [-0.3, -0.25) is 19.5 Å². The standard InChI is InChI=1S/C21H23F3N6O5/c1-2-35-20(33)30-16-11-26-9-14(16)17(28-30)27-18(31)13-3-6-25-10-15(13)29(19(32)21(22,23)24)12-4-7-34-8-5-12/h3,6,10,12,26H,2,4-5,7-9,11H2,1H3,(H,27,28,31). The van der Waals surface area contributed by atoms with Crippen molar-refractivity contribution in [3.8, 4) is 0 Å². The van der Waals surface area contributed by atoms with Crippen molar-refractivity contribution in [3.05, 3.63) is 35.3 Å². The fourth-order valence-electron chi connectivity index (χ4n) is 4.09. The number of ether oxygens (including phenoxy) is 2. The third-order valence-corrected chi connectivity index (χ3v) is 5.68. The number of nitrogens with zero attached hydrogens (tertiary/aromatic N) is 4. The molecule has 4 heterocycles. The van der Waals surface area contributed by atoms with Gasteiger partial charge in [0.25, 0.3) is 5.91 Å². The second kappa shape index (κ2) is 10.00. The first-order valence-corrected chi connectivity index (χ1v) is 10.9. The maximum Gasteiger partial charge on any atom is 0.471 e. The number of hydrogen-bond donors (Lipinski definition) is 2. The van der Waals surface area contributed by atoms with E-state index in [4.69, 9.17) is 9.47 Å². The summed E-state index contributed by atoms with van der Waals surface area (Å²) in [4.78, 5) is 42.3. The second-order valence-corrected chi connectivity index (χ2v) is 7.85. The van der Waals surface area contributed by atoms with Gasteiger partial charge >= 0.3 is 18.2 Å². The molecular weight excluding hydrogens is 473 g/mol. The van der Waals surface area contributed by atoms with Gasteiger partial charge in [-0.2, -0.15) is 17.9 Å². The SMILES string of the molecule is CCOC(=O)n1nc(NC(=O)c2ccncc2N(C(=O)C(F)(F)F)C2CCOCC2)c2c1CNC2. The third-order valence-electron chi connectivity index (χ3n) is 5.68. The number of fused-ring (bicyclic) bond motifs is 1. The van der Waals surface area contributed by atoms with E-state index in [0.29, 0.717) is 29.2 Å². The largest absolute Gasteiger partial charge is 0.471 e. The number of anilines is 2. The van der Waals surface area contributed by atoms with E-state index in [1.54, 1.807) is 6.92 Å². The molecule has 14 heteroatoms. The minimum atomic E-state index is -5.16. The highest BCUT2D eigenvalue weighted by atomic mass is 19.4. The molecule has 0 radical (unpaired) electrons. The van der Waals surface area contributed by atoms with E-state index in [0.717, 1.165) is 10.9 Å². The van der Waals surface area contributed by atoms with Crippen LogP contribution in [0.3, 0.4) is 0 Å². The normalized spacial score (nSPS) is 16.0. The first kappa shape index (κ1) is 24.6. The Morgan fingerprint density at radius 2 is 2.03 bits per heavy atom. The van der Waals surface area contributed by atoms with E-state index in [-0.39, 0.29) is 49.7 Å². The van der Waals surface area contributed by atoms with Crippen LogP contribution in [0.1, 0.15) is 41.4 Å². The van der Waals surface area contributed by atoms with Crippen LogP contribution in [0.5, 0.6) is 0 Å². The quantitative estimate of drug-likeness (QED) is 0.645. The Kier molecular flexibility index (Phi) is 7.03. The number of pyridine rings is 1. The average molecular weight is 496 g/mol. The van der Waals surface area contributed by atoms with Gasteiger partial charge in [0.15, 0.2) is 5.82 Å². The highest BCUT2D eigenvalue weighted by Gasteiger charge is 2.46. The molecule has 11 nitrogen and oxygen atoms in total. The van der Waals surface area contributed by atoms with Crippen LogP contribution in [0.4, 0.5) is 29.5 Å². The highest BCUT2D eigenvalue weighted by molar-refractivity contribution is 6.11. The van der Waals surface area contributed by atoms with E-state index in [1.807, 2.05) is 0 Å². The van der Waals surface area contributed by atoms with Crippen LogP contribution < -0.4 is 15.5 Å². The zero-order valence-corrected chi connectivity index (χ0v) is 18.7. The van der Waals surface area contributed by atoms with Crippen molar-refractivity contribution in [3.63, 3.8) is 0 Å². The first-order chi connectivity index (χ1) is 16.7. The van der Waals surface area contributed by atoms with Gasteiger partial charge in [-0.05, 0) is 25.8 Å². The molecule has 1 saturated heterocycles. The summed E-state index contributed by atoms with van der Waals surface area (Å²) in [5.74, 6) is -2.84. The number of amides is 2. The van der Waals surface area contributed by atoms with Crippen LogP contribution in [0.25, 0.3) is 0 Å². The smallest absolute Gasteiger partial charge is 0.448 e. The maximum atomic E-state index is 13.5. The first-order valence-electron chi connectivity index (χ1n) is 10.9. The number of hydrogen-bond acceptors (Lipinski definition) is 8. The van der Waals surface area contributed by atoms with Crippen LogP contribution >= 0.6 is 0 Å². The number of aromatic nitrogens is 3. The van der Waals surface area contributed by atoms with Crippen LogP contribution in [0.15, 0.2) is 18.5 Å². The molecule has 4 rings (SSSR count). The second-order valence-electron chi connectivity index (χ2n) is 7.85. The number of halogens is 3. The van der Waals surface area contributed by atoms with Crippen LogP contribution in [-0.4, -0.2) is 64.7 Å². The average Bonchev–Trinajstić information content (AvgIpc) is 3.44. The fraction of sp³-hybridized carbons (Fsp3) is 0.476. The van der Waals surface area contributed by atoms with E-state index < -0.39 is 30.1 Å². The molecule has 0 saturated carbocycles.